The van der Waals surface area contributed by atoms with Crippen LogP contribution < -0.4 is 0 Å². The standard InChI is InChI=1S/C19H27N/c1-20-13-7-12-19(16-9-3-2-4-10-16)14-15-8-5-6-11-17(15)18(19)20/h5-6,8,11,16,18H,2-4,7,9-10,12-14H2,1H3/t18-,19+/m0/s1. The fraction of sp³-hybridized carbons (Fsp3) is 0.684. The zero-order chi connectivity index (χ0) is 13.6. The molecule has 0 spiro atoms. The molecule has 1 aromatic rings. The van der Waals surface area contributed by atoms with Crippen LogP contribution in [-0.2, 0) is 6.42 Å². The van der Waals surface area contributed by atoms with Crippen molar-refractivity contribution < 1.29 is 0 Å². The summed E-state index contributed by atoms with van der Waals surface area (Å²) < 4.78 is 0. The topological polar surface area (TPSA) is 3.24 Å². The van der Waals surface area contributed by atoms with Gasteiger partial charge in [-0.15, -0.1) is 0 Å². The minimum absolute atomic E-state index is 0.567. The Labute approximate surface area is 123 Å². The van der Waals surface area contributed by atoms with Gasteiger partial charge in [-0.05, 0) is 68.2 Å². The third kappa shape index (κ3) is 1.79. The van der Waals surface area contributed by atoms with Crippen LogP contribution >= 0.6 is 0 Å². The van der Waals surface area contributed by atoms with E-state index in [1.54, 1.807) is 11.1 Å². The van der Waals surface area contributed by atoms with Gasteiger partial charge in [-0.3, -0.25) is 4.90 Å². The Kier molecular flexibility index (Phi) is 3.14. The highest BCUT2D eigenvalue weighted by Gasteiger charge is 2.53. The lowest BCUT2D eigenvalue weighted by Crippen LogP contribution is -2.47. The van der Waals surface area contributed by atoms with E-state index < -0.39 is 0 Å². The first-order valence-electron chi connectivity index (χ1n) is 8.59. The van der Waals surface area contributed by atoms with Crippen LogP contribution in [0.2, 0.25) is 0 Å². The van der Waals surface area contributed by atoms with Gasteiger partial charge in [-0.25, -0.2) is 0 Å². The van der Waals surface area contributed by atoms with Gasteiger partial charge < -0.3 is 0 Å². The summed E-state index contributed by atoms with van der Waals surface area (Å²) in [5, 5.41) is 0. The molecule has 0 unspecified atom stereocenters. The predicted molar refractivity (Wildman–Crippen MR) is 83.8 cm³/mol. The highest BCUT2D eigenvalue weighted by Crippen LogP contribution is 2.60. The quantitative estimate of drug-likeness (QED) is 0.721. The molecule has 1 saturated heterocycles. The van der Waals surface area contributed by atoms with Crippen molar-refractivity contribution in [2.75, 3.05) is 13.6 Å². The number of hydrogen-bond donors (Lipinski definition) is 0. The van der Waals surface area contributed by atoms with Gasteiger partial charge in [0.25, 0.3) is 0 Å². The van der Waals surface area contributed by atoms with E-state index in [4.69, 9.17) is 0 Å². The van der Waals surface area contributed by atoms with Crippen molar-refractivity contribution in [2.24, 2.45) is 11.3 Å². The third-order valence-corrected chi connectivity index (χ3v) is 6.43. The molecule has 0 N–H and O–H groups in total. The number of likely N-dealkylation sites (tertiary alicyclic amines) is 1. The molecule has 1 nitrogen and oxygen atoms in total. The van der Waals surface area contributed by atoms with Crippen LogP contribution in [-0.4, -0.2) is 18.5 Å². The van der Waals surface area contributed by atoms with Crippen LogP contribution in [0.5, 0.6) is 0 Å². The van der Waals surface area contributed by atoms with E-state index >= 15 is 0 Å². The van der Waals surface area contributed by atoms with E-state index in [9.17, 15) is 0 Å². The Balaban J connectivity index is 1.77. The first-order valence-corrected chi connectivity index (χ1v) is 8.59. The molecule has 3 aliphatic rings. The van der Waals surface area contributed by atoms with Crippen LogP contribution in [0.1, 0.15) is 62.1 Å². The molecule has 2 atom stereocenters. The lowest BCUT2D eigenvalue weighted by atomic mass is 9.61. The summed E-state index contributed by atoms with van der Waals surface area (Å²) in [5.74, 6) is 0.969. The minimum atomic E-state index is 0.567. The Morgan fingerprint density at radius 1 is 1.05 bits per heavy atom. The van der Waals surface area contributed by atoms with Gasteiger partial charge in [0.05, 0.1) is 0 Å². The lowest BCUT2D eigenvalue weighted by Gasteiger charge is -2.51. The summed E-state index contributed by atoms with van der Waals surface area (Å²) in [6, 6.07) is 10.00. The molecule has 1 aromatic carbocycles. The lowest BCUT2D eigenvalue weighted by molar-refractivity contribution is -0.0199. The summed E-state index contributed by atoms with van der Waals surface area (Å²) in [6.45, 7) is 1.29. The number of benzene rings is 1. The zero-order valence-corrected chi connectivity index (χ0v) is 12.8. The van der Waals surface area contributed by atoms with Gasteiger partial charge in [0.15, 0.2) is 0 Å². The van der Waals surface area contributed by atoms with Crippen molar-refractivity contribution in [1.82, 2.24) is 4.90 Å². The highest BCUT2D eigenvalue weighted by molar-refractivity contribution is 5.39. The number of fused-ring (bicyclic) bond motifs is 3. The Bertz CT molecular complexity index is 488. The molecule has 1 heteroatoms. The van der Waals surface area contributed by atoms with Gasteiger partial charge in [-0.2, -0.15) is 0 Å². The summed E-state index contributed by atoms with van der Waals surface area (Å²) in [4.78, 5) is 2.67. The first kappa shape index (κ1) is 12.9. The van der Waals surface area contributed by atoms with Crippen LogP contribution in [0.3, 0.4) is 0 Å². The molecule has 0 radical (unpaired) electrons. The summed E-state index contributed by atoms with van der Waals surface area (Å²) in [7, 11) is 2.36. The van der Waals surface area contributed by atoms with Crippen molar-refractivity contribution in [3.05, 3.63) is 35.4 Å². The number of nitrogens with zero attached hydrogens (tertiary/aromatic N) is 1. The van der Waals surface area contributed by atoms with Gasteiger partial charge >= 0.3 is 0 Å². The molecule has 4 rings (SSSR count). The van der Waals surface area contributed by atoms with Gasteiger partial charge in [0.2, 0.25) is 0 Å². The monoisotopic (exact) mass is 269 g/mol. The van der Waals surface area contributed by atoms with E-state index in [0.29, 0.717) is 11.5 Å². The van der Waals surface area contributed by atoms with Gasteiger partial charge in [0.1, 0.15) is 0 Å². The molecule has 1 aliphatic heterocycles. The van der Waals surface area contributed by atoms with Crippen LogP contribution in [0.15, 0.2) is 24.3 Å². The Morgan fingerprint density at radius 2 is 1.85 bits per heavy atom. The summed E-state index contributed by atoms with van der Waals surface area (Å²) >= 11 is 0. The molecular formula is C19H27N. The second kappa shape index (κ2) is 4.87. The largest absolute Gasteiger partial charge is 0.299 e. The van der Waals surface area contributed by atoms with Crippen molar-refractivity contribution >= 4 is 0 Å². The fourth-order valence-corrected chi connectivity index (χ4v) is 5.66. The average molecular weight is 269 g/mol. The molecule has 0 amide bonds. The first-order chi connectivity index (χ1) is 9.81. The van der Waals surface area contributed by atoms with Crippen molar-refractivity contribution in [1.29, 1.82) is 0 Å². The van der Waals surface area contributed by atoms with E-state index in [2.05, 4.69) is 36.2 Å². The maximum Gasteiger partial charge on any atom is 0.0409 e. The van der Waals surface area contributed by atoms with Gasteiger partial charge in [0, 0.05) is 6.04 Å². The minimum Gasteiger partial charge on any atom is -0.299 e. The maximum atomic E-state index is 2.67. The summed E-state index contributed by atoms with van der Waals surface area (Å²) in [6.07, 6.45) is 11.6. The van der Waals surface area contributed by atoms with E-state index in [0.717, 1.165) is 5.92 Å². The fourth-order valence-electron chi connectivity index (χ4n) is 5.66. The number of hydrogen-bond acceptors (Lipinski definition) is 1. The maximum absolute atomic E-state index is 2.67. The van der Waals surface area contributed by atoms with Crippen molar-refractivity contribution in [2.45, 2.75) is 57.4 Å². The molecule has 0 bridgehead atoms. The highest BCUT2D eigenvalue weighted by atomic mass is 15.2. The van der Waals surface area contributed by atoms with Gasteiger partial charge in [-0.1, -0.05) is 43.5 Å². The Hall–Kier alpha value is -0.820. The van der Waals surface area contributed by atoms with E-state index in [1.807, 2.05) is 0 Å². The average Bonchev–Trinajstić information content (AvgIpc) is 2.85. The van der Waals surface area contributed by atoms with Crippen LogP contribution in [0.25, 0.3) is 0 Å². The molecule has 108 valence electrons. The van der Waals surface area contributed by atoms with Crippen molar-refractivity contribution in [3.63, 3.8) is 0 Å². The second-order valence-electron chi connectivity index (χ2n) is 7.43. The molecule has 1 heterocycles. The normalized spacial score (nSPS) is 34.8. The Morgan fingerprint density at radius 3 is 2.70 bits per heavy atom. The zero-order valence-electron chi connectivity index (χ0n) is 12.8. The molecular weight excluding hydrogens is 242 g/mol. The van der Waals surface area contributed by atoms with E-state index in [-0.39, 0.29) is 0 Å². The van der Waals surface area contributed by atoms with Crippen molar-refractivity contribution in [3.8, 4) is 0 Å². The molecule has 20 heavy (non-hydrogen) atoms. The second-order valence-corrected chi connectivity index (χ2v) is 7.43. The van der Waals surface area contributed by atoms with E-state index in [1.165, 1.54) is 57.9 Å². The number of piperidine rings is 1. The number of rotatable bonds is 1. The molecule has 2 fully saturated rings. The third-order valence-electron chi connectivity index (χ3n) is 6.43. The smallest absolute Gasteiger partial charge is 0.0409 e. The van der Waals surface area contributed by atoms with Crippen LogP contribution in [0.4, 0.5) is 0 Å². The van der Waals surface area contributed by atoms with Crippen LogP contribution in [0, 0.1) is 11.3 Å². The molecule has 1 saturated carbocycles. The predicted octanol–water partition coefficient (Wildman–Crippen LogP) is 4.58. The molecule has 0 aromatic heterocycles. The SMILES string of the molecule is CN1CCC[C@]2(C3CCCCC3)Cc3ccccc3[C@H]12. The molecule has 2 aliphatic carbocycles. The summed E-state index contributed by atoms with van der Waals surface area (Å²) in [5.41, 5.74) is 3.87.